The van der Waals surface area contributed by atoms with Gasteiger partial charge in [-0.2, -0.15) is 5.10 Å². The predicted molar refractivity (Wildman–Crippen MR) is 96.8 cm³/mol. The number of hydrogen-bond donors (Lipinski definition) is 1. The van der Waals surface area contributed by atoms with E-state index in [-0.39, 0.29) is 18.0 Å². The third-order valence-corrected chi connectivity index (χ3v) is 3.49. The van der Waals surface area contributed by atoms with E-state index in [4.69, 9.17) is 9.47 Å². The number of hydrogen-bond acceptors (Lipinski definition) is 6. The highest BCUT2D eigenvalue weighted by atomic mass is 16.6. The lowest BCUT2D eigenvalue weighted by molar-refractivity contribution is -0.385. The summed E-state index contributed by atoms with van der Waals surface area (Å²) in [5.74, 6) is 0.336. The molecule has 136 valence electrons. The van der Waals surface area contributed by atoms with Gasteiger partial charge in [-0.15, -0.1) is 0 Å². The van der Waals surface area contributed by atoms with Crippen LogP contribution in [-0.2, 0) is 4.79 Å². The monoisotopic (exact) mass is 357 g/mol. The number of nitrogens with one attached hydrogen (secondary N) is 1. The molecule has 0 atom stereocenters. The number of hydrazone groups is 1. The van der Waals surface area contributed by atoms with E-state index in [2.05, 4.69) is 10.5 Å². The Morgan fingerprint density at radius 1 is 1.23 bits per heavy atom. The summed E-state index contributed by atoms with van der Waals surface area (Å²) in [4.78, 5) is 22.2. The standard InChI is InChI=1S/C18H19N3O5/c1-12-4-6-16(13(2)8-12)26-11-18(22)20-19-10-14-5-7-17(25-3)15(9-14)21(23)24/h4-10H,11H2,1-3H3,(H,20,22)/b19-10-. The summed E-state index contributed by atoms with van der Waals surface area (Å²) in [6.45, 7) is 3.68. The average Bonchev–Trinajstić information content (AvgIpc) is 2.60. The number of nitrogens with zero attached hydrogens (tertiary/aromatic N) is 2. The molecule has 26 heavy (non-hydrogen) atoms. The number of ether oxygens (including phenoxy) is 2. The minimum Gasteiger partial charge on any atom is -0.490 e. The van der Waals surface area contributed by atoms with E-state index in [0.717, 1.165) is 11.1 Å². The number of methoxy groups -OCH3 is 1. The molecule has 0 saturated heterocycles. The van der Waals surface area contributed by atoms with Crippen molar-refractivity contribution in [3.63, 3.8) is 0 Å². The molecule has 0 aliphatic rings. The third kappa shape index (κ3) is 5.04. The summed E-state index contributed by atoms with van der Waals surface area (Å²) in [6.07, 6.45) is 1.31. The van der Waals surface area contributed by atoms with Crippen molar-refractivity contribution < 1.29 is 19.2 Å². The zero-order valence-corrected chi connectivity index (χ0v) is 14.7. The Hall–Kier alpha value is -3.42. The molecule has 0 heterocycles. The second-order valence-corrected chi connectivity index (χ2v) is 5.54. The fraction of sp³-hybridized carbons (Fsp3) is 0.222. The van der Waals surface area contributed by atoms with Crippen LogP contribution in [0.2, 0.25) is 0 Å². The molecule has 2 rings (SSSR count). The largest absolute Gasteiger partial charge is 0.490 e. The fourth-order valence-electron chi connectivity index (χ4n) is 2.25. The lowest BCUT2D eigenvalue weighted by atomic mass is 10.1. The van der Waals surface area contributed by atoms with Gasteiger partial charge in [-0.3, -0.25) is 14.9 Å². The molecule has 8 heteroatoms. The van der Waals surface area contributed by atoms with Crippen LogP contribution in [0.5, 0.6) is 11.5 Å². The van der Waals surface area contributed by atoms with Gasteiger partial charge in [0.15, 0.2) is 12.4 Å². The van der Waals surface area contributed by atoms with Crippen LogP contribution < -0.4 is 14.9 Å². The molecule has 0 spiro atoms. The van der Waals surface area contributed by atoms with Crippen molar-refractivity contribution in [1.82, 2.24) is 5.43 Å². The van der Waals surface area contributed by atoms with Crippen molar-refractivity contribution in [2.45, 2.75) is 13.8 Å². The van der Waals surface area contributed by atoms with E-state index in [1.807, 2.05) is 26.0 Å². The molecule has 0 saturated carbocycles. The van der Waals surface area contributed by atoms with Gasteiger partial charge < -0.3 is 9.47 Å². The Labute approximate surface area is 150 Å². The Kier molecular flexibility index (Phi) is 6.26. The number of nitro groups is 1. The third-order valence-electron chi connectivity index (χ3n) is 3.49. The number of carbonyl (C=O) groups excluding carboxylic acids is 1. The summed E-state index contributed by atoms with van der Waals surface area (Å²) < 4.78 is 10.4. The van der Waals surface area contributed by atoms with Crippen molar-refractivity contribution in [2.75, 3.05) is 13.7 Å². The topological polar surface area (TPSA) is 103 Å². The van der Waals surface area contributed by atoms with Crippen molar-refractivity contribution in [3.05, 3.63) is 63.2 Å². The predicted octanol–water partition coefficient (Wildman–Crippen LogP) is 2.75. The molecule has 0 fully saturated rings. The maximum absolute atomic E-state index is 11.8. The van der Waals surface area contributed by atoms with Gasteiger partial charge in [0.1, 0.15) is 5.75 Å². The average molecular weight is 357 g/mol. The van der Waals surface area contributed by atoms with Crippen LogP contribution in [0.4, 0.5) is 5.69 Å². The maximum atomic E-state index is 11.8. The van der Waals surface area contributed by atoms with Gasteiger partial charge in [-0.05, 0) is 37.6 Å². The van der Waals surface area contributed by atoms with E-state index in [0.29, 0.717) is 11.3 Å². The molecular weight excluding hydrogens is 338 g/mol. The first-order chi connectivity index (χ1) is 12.4. The second-order valence-electron chi connectivity index (χ2n) is 5.54. The van der Waals surface area contributed by atoms with Crippen molar-refractivity contribution >= 4 is 17.8 Å². The van der Waals surface area contributed by atoms with Gasteiger partial charge in [0.2, 0.25) is 0 Å². The summed E-state index contributed by atoms with van der Waals surface area (Å²) in [7, 11) is 1.35. The summed E-state index contributed by atoms with van der Waals surface area (Å²) >= 11 is 0. The minimum atomic E-state index is -0.549. The van der Waals surface area contributed by atoms with Gasteiger partial charge in [-0.25, -0.2) is 5.43 Å². The first-order valence-corrected chi connectivity index (χ1v) is 7.75. The van der Waals surface area contributed by atoms with Gasteiger partial charge in [0, 0.05) is 11.6 Å². The Morgan fingerprint density at radius 3 is 2.62 bits per heavy atom. The molecule has 1 N–H and O–H groups in total. The number of aryl methyl sites for hydroxylation is 2. The highest BCUT2D eigenvalue weighted by Crippen LogP contribution is 2.26. The van der Waals surface area contributed by atoms with E-state index in [1.165, 1.54) is 25.5 Å². The molecule has 0 radical (unpaired) electrons. The smallest absolute Gasteiger partial charge is 0.311 e. The molecule has 8 nitrogen and oxygen atoms in total. The molecule has 0 unspecified atom stereocenters. The zero-order chi connectivity index (χ0) is 19.1. The van der Waals surface area contributed by atoms with Gasteiger partial charge in [0.05, 0.1) is 18.2 Å². The van der Waals surface area contributed by atoms with Crippen LogP contribution in [0.15, 0.2) is 41.5 Å². The van der Waals surface area contributed by atoms with E-state index >= 15 is 0 Å². The van der Waals surface area contributed by atoms with E-state index in [9.17, 15) is 14.9 Å². The van der Waals surface area contributed by atoms with Crippen LogP contribution in [0, 0.1) is 24.0 Å². The van der Waals surface area contributed by atoms with Crippen LogP contribution in [0.25, 0.3) is 0 Å². The molecule has 0 aliphatic carbocycles. The maximum Gasteiger partial charge on any atom is 0.311 e. The highest BCUT2D eigenvalue weighted by molar-refractivity contribution is 5.84. The Bertz CT molecular complexity index is 849. The number of carbonyl (C=O) groups is 1. The molecule has 0 aliphatic heterocycles. The van der Waals surface area contributed by atoms with Crippen LogP contribution >= 0.6 is 0 Å². The lowest BCUT2D eigenvalue weighted by Crippen LogP contribution is -2.24. The van der Waals surface area contributed by atoms with E-state index in [1.54, 1.807) is 12.1 Å². The number of rotatable bonds is 7. The van der Waals surface area contributed by atoms with E-state index < -0.39 is 10.8 Å². The first kappa shape index (κ1) is 18.9. The second kappa shape index (κ2) is 8.61. The molecule has 1 amide bonds. The number of amides is 1. The fourth-order valence-corrected chi connectivity index (χ4v) is 2.25. The quantitative estimate of drug-likeness (QED) is 0.466. The zero-order valence-electron chi connectivity index (χ0n) is 14.7. The SMILES string of the molecule is COc1ccc(/C=N\NC(=O)COc2ccc(C)cc2C)cc1[N+](=O)[O-]. The Balaban J connectivity index is 1.92. The van der Waals surface area contributed by atoms with Crippen molar-refractivity contribution in [1.29, 1.82) is 0 Å². The molecule has 2 aromatic rings. The van der Waals surface area contributed by atoms with Crippen molar-refractivity contribution in [3.8, 4) is 11.5 Å². The van der Waals surface area contributed by atoms with Crippen molar-refractivity contribution in [2.24, 2.45) is 5.10 Å². The molecule has 0 aromatic heterocycles. The molecule has 0 bridgehead atoms. The summed E-state index contributed by atoms with van der Waals surface area (Å²) in [5, 5.41) is 14.8. The van der Waals surface area contributed by atoms with Gasteiger partial charge >= 0.3 is 5.69 Å². The van der Waals surface area contributed by atoms with Crippen LogP contribution in [0.3, 0.4) is 0 Å². The van der Waals surface area contributed by atoms with Crippen LogP contribution in [0.1, 0.15) is 16.7 Å². The number of benzene rings is 2. The first-order valence-electron chi connectivity index (χ1n) is 7.75. The van der Waals surface area contributed by atoms with Gasteiger partial charge in [-0.1, -0.05) is 17.7 Å². The summed E-state index contributed by atoms with van der Waals surface area (Å²) in [6, 6.07) is 10.0. The molecule has 2 aromatic carbocycles. The normalized spacial score (nSPS) is 10.6. The van der Waals surface area contributed by atoms with Gasteiger partial charge in [0.25, 0.3) is 5.91 Å². The number of nitro benzene ring substituents is 1. The minimum absolute atomic E-state index is 0.151. The Morgan fingerprint density at radius 2 is 1.96 bits per heavy atom. The lowest BCUT2D eigenvalue weighted by Gasteiger charge is -2.08. The summed E-state index contributed by atoms with van der Waals surface area (Å²) in [5.41, 5.74) is 4.63. The highest BCUT2D eigenvalue weighted by Gasteiger charge is 2.14. The molecular formula is C18H19N3O5. The van der Waals surface area contributed by atoms with Crippen LogP contribution in [-0.4, -0.2) is 30.8 Å².